The van der Waals surface area contributed by atoms with E-state index in [4.69, 9.17) is 5.26 Å². The first-order valence-electron chi connectivity index (χ1n) is 5.44. The summed E-state index contributed by atoms with van der Waals surface area (Å²) in [5.74, 6) is -0.00978. The summed E-state index contributed by atoms with van der Waals surface area (Å²) in [7, 11) is 0. The van der Waals surface area contributed by atoms with Crippen LogP contribution in [0.3, 0.4) is 0 Å². The van der Waals surface area contributed by atoms with E-state index in [0.717, 1.165) is 4.90 Å². The Morgan fingerprint density at radius 2 is 1.89 bits per heavy atom. The van der Waals surface area contributed by atoms with Crippen molar-refractivity contribution >= 4 is 17.5 Å². The number of nitrogens with zero attached hydrogens (tertiary/aromatic N) is 1. The lowest BCUT2D eigenvalue weighted by Gasteiger charge is -2.06. The maximum absolute atomic E-state index is 12.3. The van der Waals surface area contributed by atoms with Crippen molar-refractivity contribution in [2.75, 3.05) is 6.26 Å². The van der Waals surface area contributed by atoms with Crippen molar-refractivity contribution in [1.82, 2.24) is 0 Å². The van der Waals surface area contributed by atoms with Gasteiger partial charge in [-0.15, -0.1) is 11.8 Å². The Hall–Kier alpha value is -2.05. The highest BCUT2D eigenvalue weighted by Crippen LogP contribution is 2.24. The van der Waals surface area contributed by atoms with Gasteiger partial charge in [-0.2, -0.15) is 5.26 Å². The number of hydrogen-bond donors (Lipinski definition) is 0. The van der Waals surface area contributed by atoms with Crippen LogP contribution < -0.4 is 0 Å². The minimum absolute atomic E-state index is 0.00978. The van der Waals surface area contributed by atoms with E-state index in [2.05, 4.69) is 6.07 Å². The molecule has 0 atom stereocenters. The lowest BCUT2D eigenvalue weighted by molar-refractivity contribution is 0.103. The zero-order valence-electron chi connectivity index (χ0n) is 9.88. The number of hydrogen-bond acceptors (Lipinski definition) is 3. The third-order valence-corrected chi connectivity index (χ3v) is 3.39. The fraction of sp³-hybridized carbons (Fsp3) is 0.0667. The zero-order valence-corrected chi connectivity index (χ0v) is 10.7. The average Bonchev–Trinajstić information content (AvgIpc) is 2.46. The van der Waals surface area contributed by atoms with Crippen LogP contribution in [-0.2, 0) is 0 Å². The molecule has 0 amide bonds. The number of benzene rings is 2. The monoisotopic (exact) mass is 253 g/mol. The average molecular weight is 253 g/mol. The molecule has 0 fully saturated rings. The molecule has 88 valence electrons. The summed E-state index contributed by atoms with van der Waals surface area (Å²) >= 11 is 1.48. The molecule has 0 spiro atoms. The lowest BCUT2D eigenvalue weighted by Crippen LogP contribution is -2.03. The van der Waals surface area contributed by atoms with Crippen molar-refractivity contribution in [1.29, 1.82) is 5.26 Å². The molecule has 2 aromatic carbocycles. The summed E-state index contributed by atoms with van der Waals surface area (Å²) in [6, 6.07) is 16.4. The first kappa shape index (κ1) is 12.4. The van der Waals surface area contributed by atoms with Crippen LogP contribution in [0.2, 0.25) is 0 Å². The molecule has 0 aliphatic heterocycles. The third kappa shape index (κ3) is 2.44. The number of carbonyl (C=O) groups is 1. The van der Waals surface area contributed by atoms with Crippen LogP contribution >= 0.6 is 11.8 Å². The lowest BCUT2D eigenvalue weighted by atomic mass is 10.0. The molecule has 0 N–H and O–H groups in total. The molecule has 0 heterocycles. The van der Waals surface area contributed by atoms with Crippen LogP contribution in [0.15, 0.2) is 53.4 Å². The van der Waals surface area contributed by atoms with E-state index in [1.807, 2.05) is 24.5 Å². The summed E-state index contributed by atoms with van der Waals surface area (Å²) < 4.78 is 0. The molecule has 3 heteroatoms. The molecule has 0 bridgehead atoms. The minimum Gasteiger partial charge on any atom is -0.289 e. The third-order valence-electron chi connectivity index (χ3n) is 2.61. The second kappa shape index (κ2) is 5.52. The Bertz CT molecular complexity index is 614. The second-order valence-corrected chi connectivity index (χ2v) is 4.57. The van der Waals surface area contributed by atoms with Gasteiger partial charge in [0, 0.05) is 16.0 Å². The quantitative estimate of drug-likeness (QED) is 0.621. The Labute approximate surface area is 110 Å². The molecule has 18 heavy (non-hydrogen) atoms. The van der Waals surface area contributed by atoms with E-state index in [9.17, 15) is 4.79 Å². The van der Waals surface area contributed by atoms with Gasteiger partial charge in [-0.25, -0.2) is 0 Å². The van der Waals surface area contributed by atoms with Gasteiger partial charge in [-0.1, -0.05) is 30.3 Å². The molecular formula is C15H11NOS. The summed E-state index contributed by atoms with van der Waals surface area (Å²) in [6.45, 7) is 0. The van der Waals surface area contributed by atoms with E-state index in [1.165, 1.54) is 11.8 Å². The molecule has 0 unspecified atom stereocenters. The molecular weight excluding hydrogens is 242 g/mol. The van der Waals surface area contributed by atoms with Crippen molar-refractivity contribution < 1.29 is 4.79 Å². The summed E-state index contributed by atoms with van der Waals surface area (Å²) in [5.41, 5.74) is 1.88. The van der Waals surface area contributed by atoms with E-state index < -0.39 is 0 Å². The van der Waals surface area contributed by atoms with Crippen molar-refractivity contribution in [3.63, 3.8) is 0 Å². The molecule has 2 nitrogen and oxygen atoms in total. The van der Waals surface area contributed by atoms with Crippen molar-refractivity contribution in [3.05, 3.63) is 65.2 Å². The zero-order chi connectivity index (χ0) is 13.0. The summed E-state index contributed by atoms with van der Waals surface area (Å²) in [4.78, 5) is 13.2. The highest BCUT2D eigenvalue weighted by molar-refractivity contribution is 7.98. The number of ketones is 1. The summed E-state index contributed by atoms with van der Waals surface area (Å²) in [5, 5.41) is 8.86. The highest BCUT2D eigenvalue weighted by Gasteiger charge is 2.13. The standard InChI is InChI=1S/C15H11NOS/c1-18-14-9-11(10-16)7-8-13(14)15(17)12-5-3-2-4-6-12/h2-9H,1H3. The predicted molar refractivity (Wildman–Crippen MR) is 72.8 cm³/mol. The molecule has 0 aliphatic rings. The topological polar surface area (TPSA) is 40.9 Å². The Morgan fingerprint density at radius 1 is 1.17 bits per heavy atom. The molecule has 0 saturated carbocycles. The minimum atomic E-state index is -0.00978. The molecule has 2 aromatic rings. The molecule has 2 rings (SSSR count). The smallest absolute Gasteiger partial charge is 0.194 e. The van der Waals surface area contributed by atoms with Crippen LogP contribution in [0.4, 0.5) is 0 Å². The van der Waals surface area contributed by atoms with E-state index in [-0.39, 0.29) is 5.78 Å². The fourth-order valence-corrected chi connectivity index (χ4v) is 2.32. The first-order chi connectivity index (χ1) is 8.76. The molecule has 0 aliphatic carbocycles. The highest BCUT2D eigenvalue weighted by atomic mass is 32.2. The van der Waals surface area contributed by atoms with Crippen LogP contribution in [0.25, 0.3) is 0 Å². The van der Waals surface area contributed by atoms with Crippen LogP contribution in [0.5, 0.6) is 0 Å². The first-order valence-corrected chi connectivity index (χ1v) is 6.66. The maximum Gasteiger partial charge on any atom is 0.194 e. The van der Waals surface area contributed by atoms with Gasteiger partial charge in [-0.05, 0) is 24.5 Å². The van der Waals surface area contributed by atoms with Gasteiger partial charge in [0.05, 0.1) is 11.6 Å². The van der Waals surface area contributed by atoms with Gasteiger partial charge in [0.25, 0.3) is 0 Å². The Morgan fingerprint density at radius 3 is 2.50 bits per heavy atom. The number of thioether (sulfide) groups is 1. The van der Waals surface area contributed by atoms with Crippen molar-refractivity contribution in [2.45, 2.75) is 4.90 Å². The van der Waals surface area contributed by atoms with Gasteiger partial charge in [0.2, 0.25) is 0 Å². The van der Waals surface area contributed by atoms with Crippen LogP contribution in [0, 0.1) is 11.3 Å². The van der Waals surface area contributed by atoms with Gasteiger partial charge < -0.3 is 0 Å². The summed E-state index contributed by atoms with van der Waals surface area (Å²) in [6.07, 6.45) is 1.90. The van der Waals surface area contributed by atoms with Crippen molar-refractivity contribution in [2.24, 2.45) is 0 Å². The van der Waals surface area contributed by atoms with E-state index in [1.54, 1.807) is 30.3 Å². The predicted octanol–water partition coefficient (Wildman–Crippen LogP) is 3.51. The second-order valence-electron chi connectivity index (χ2n) is 3.72. The molecule has 0 saturated heterocycles. The number of carbonyl (C=O) groups excluding carboxylic acids is 1. The van der Waals surface area contributed by atoms with E-state index >= 15 is 0 Å². The van der Waals surface area contributed by atoms with Gasteiger partial charge in [-0.3, -0.25) is 4.79 Å². The molecule has 0 aromatic heterocycles. The number of rotatable bonds is 3. The van der Waals surface area contributed by atoms with Crippen molar-refractivity contribution in [3.8, 4) is 6.07 Å². The van der Waals surface area contributed by atoms with Gasteiger partial charge in [0.15, 0.2) is 5.78 Å². The maximum atomic E-state index is 12.3. The normalized spacial score (nSPS) is 9.78. The Kier molecular flexibility index (Phi) is 3.81. The van der Waals surface area contributed by atoms with Crippen LogP contribution in [-0.4, -0.2) is 12.0 Å². The van der Waals surface area contributed by atoms with E-state index in [0.29, 0.717) is 16.7 Å². The van der Waals surface area contributed by atoms with Crippen LogP contribution in [0.1, 0.15) is 21.5 Å². The van der Waals surface area contributed by atoms with Gasteiger partial charge in [0.1, 0.15) is 0 Å². The van der Waals surface area contributed by atoms with Gasteiger partial charge >= 0.3 is 0 Å². The largest absolute Gasteiger partial charge is 0.289 e. The Balaban J connectivity index is 2.46. The fourth-order valence-electron chi connectivity index (χ4n) is 1.69. The molecule has 0 radical (unpaired) electrons. The number of nitriles is 1. The SMILES string of the molecule is CSc1cc(C#N)ccc1C(=O)c1ccccc1.